The van der Waals surface area contributed by atoms with Crippen molar-refractivity contribution in [2.24, 2.45) is 0 Å². The van der Waals surface area contributed by atoms with Crippen LogP contribution < -0.4 is 10.1 Å². The van der Waals surface area contributed by atoms with Gasteiger partial charge in [0, 0.05) is 6.54 Å². The first kappa shape index (κ1) is 13.8. The fraction of sp³-hybridized carbons (Fsp3) is 0.286. The molecule has 1 N–H and O–H groups in total. The highest BCUT2D eigenvalue weighted by Crippen LogP contribution is 2.21. The third kappa shape index (κ3) is 3.92. The molecule has 1 heterocycles. The minimum absolute atomic E-state index is 0.535. The zero-order chi connectivity index (χ0) is 13.7. The molecule has 0 spiro atoms. The molecule has 0 saturated heterocycles. The van der Waals surface area contributed by atoms with Gasteiger partial charge in [0.2, 0.25) is 11.8 Å². The van der Waals surface area contributed by atoms with Crippen molar-refractivity contribution >= 4 is 21.9 Å². The molecule has 2 rings (SSSR count). The molecule has 1 aromatic carbocycles. The molecule has 2 aromatic rings. The molecule has 0 amide bonds. The average molecular weight is 322 g/mol. The highest BCUT2D eigenvalue weighted by molar-refractivity contribution is 9.10. The topological polar surface area (TPSA) is 47.0 Å². The molecule has 0 aliphatic carbocycles. The van der Waals surface area contributed by atoms with Gasteiger partial charge in [-0.25, -0.2) is 4.98 Å². The van der Waals surface area contributed by atoms with E-state index in [1.165, 1.54) is 11.1 Å². The van der Waals surface area contributed by atoms with Crippen molar-refractivity contribution in [3.63, 3.8) is 0 Å². The molecule has 0 atom stereocenters. The van der Waals surface area contributed by atoms with Gasteiger partial charge in [0.25, 0.3) is 0 Å². The summed E-state index contributed by atoms with van der Waals surface area (Å²) in [6.45, 7) is 2.88. The van der Waals surface area contributed by atoms with E-state index in [9.17, 15) is 0 Å². The number of aromatic nitrogens is 2. The lowest BCUT2D eigenvalue weighted by Crippen LogP contribution is -2.08. The second-order valence-electron chi connectivity index (χ2n) is 4.22. The van der Waals surface area contributed by atoms with Gasteiger partial charge >= 0.3 is 0 Å². The monoisotopic (exact) mass is 321 g/mol. The number of halogens is 1. The Morgan fingerprint density at radius 2 is 2.21 bits per heavy atom. The minimum Gasteiger partial charge on any atom is -0.480 e. The first-order chi connectivity index (χ1) is 9.19. The summed E-state index contributed by atoms with van der Waals surface area (Å²) in [6, 6.07) is 8.48. The van der Waals surface area contributed by atoms with Crippen molar-refractivity contribution in [1.82, 2.24) is 9.97 Å². The molecule has 5 heteroatoms. The number of nitrogens with zero attached hydrogens (tertiary/aromatic N) is 2. The van der Waals surface area contributed by atoms with Gasteiger partial charge in [0.05, 0.1) is 17.8 Å². The number of hydrogen-bond donors (Lipinski definition) is 1. The van der Waals surface area contributed by atoms with E-state index in [0.717, 1.165) is 17.4 Å². The molecule has 0 saturated carbocycles. The quantitative estimate of drug-likeness (QED) is 0.918. The van der Waals surface area contributed by atoms with Crippen LogP contribution in [0.2, 0.25) is 0 Å². The number of benzene rings is 1. The van der Waals surface area contributed by atoms with Gasteiger partial charge in [-0.2, -0.15) is 4.98 Å². The Kier molecular flexibility index (Phi) is 4.74. The number of nitrogens with one attached hydrogen (secondary N) is 1. The van der Waals surface area contributed by atoms with Gasteiger partial charge < -0.3 is 10.1 Å². The second kappa shape index (κ2) is 6.52. The highest BCUT2D eigenvalue weighted by atomic mass is 79.9. The maximum atomic E-state index is 5.13. The van der Waals surface area contributed by atoms with Gasteiger partial charge in [-0.3, -0.25) is 0 Å². The smallest absolute Gasteiger partial charge is 0.232 e. The van der Waals surface area contributed by atoms with Crippen LogP contribution in [-0.4, -0.2) is 23.6 Å². The Bertz CT molecular complexity index is 560. The maximum Gasteiger partial charge on any atom is 0.232 e. The molecule has 0 fully saturated rings. The first-order valence-electron chi connectivity index (χ1n) is 6.05. The fourth-order valence-corrected chi connectivity index (χ4v) is 2.12. The number of aryl methyl sites for hydroxylation is 1. The molecule has 4 nitrogen and oxygen atoms in total. The van der Waals surface area contributed by atoms with E-state index in [-0.39, 0.29) is 0 Å². The van der Waals surface area contributed by atoms with Gasteiger partial charge in [-0.05, 0) is 34.8 Å². The van der Waals surface area contributed by atoms with E-state index >= 15 is 0 Å². The Labute approximate surface area is 121 Å². The number of methoxy groups -OCH3 is 1. The lowest BCUT2D eigenvalue weighted by atomic mass is 10.1. The van der Waals surface area contributed by atoms with Gasteiger partial charge in [-0.1, -0.05) is 29.8 Å². The van der Waals surface area contributed by atoms with E-state index in [4.69, 9.17) is 4.74 Å². The third-order valence-corrected chi connectivity index (χ3v) is 3.23. The number of rotatable bonds is 5. The molecule has 1 aromatic heterocycles. The van der Waals surface area contributed by atoms with Crippen LogP contribution in [0.25, 0.3) is 0 Å². The predicted molar refractivity (Wildman–Crippen MR) is 79.7 cm³/mol. The van der Waals surface area contributed by atoms with E-state index in [2.05, 4.69) is 62.4 Å². The van der Waals surface area contributed by atoms with Crippen molar-refractivity contribution in [2.45, 2.75) is 13.3 Å². The molecular weight excluding hydrogens is 306 g/mol. The van der Waals surface area contributed by atoms with Crippen LogP contribution in [0.3, 0.4) is 0 Å². The zero-order valence-corrected chi connectivity index (χ0v) is 12.6. The Morgan fingerprint density at radius 1 is 1.37 bits per heavy atom. The van der Waals surface area contributed by atoms with Crippen molar-refractivity contribution in [3.05, 3.63) is 46.1 Å². The Morgan fingerprint density at radius 3 is 2.95 bits per heavy atom. The molecule has 0 unspecified atom stereocenters. The maximum absolute atomic E-state index is 5.13. The lowest BCUT2D eigenvalue weighted by molar-refractivity contribution is 0.394. The average Bonchev–Trinajstić information content (AvgIpc) is 2.41. The van der Waals surface area contributed by atoms with Gasteiger partial charge in [0.15, 0.2) is 0 Å². The van der Waals surface area contributed by atoms with E-state index in [1.54, 1.807) is 13.3 Å². The van der Waals surface area contributed by atoms with E-state index in [0.29, 0.717) is 11.8 Å². The lowest BCUT2D eigenvalue weighted by Gasteiger charge is -2.07. The van der Waals surface area contributed by atoms with Gasteiger partial charge in [0.1, 0.15) is 0 Å². The van der Waals surface area contributed by atoms with Crippen LogP contribution in [0.5, 0.6) is 5.88 Å². The Hall–Kier alpha value is -1.62. The minimum atomic E-state index is 0.535. The summed E-state index contributed by atoms with van der Waals surface area (Å²) in [4.78, 5) is 8.43. The molecule has 0 radical (unpaired) electrons. The SMILES string of the molecule is COc1nc(NCCc2cccc(C)c2)ncc1Br. The highest BCUT2D eigenvalue weighted by Gasteiger charge is 2.04. The fourth-order valence-electron chi connectivity index (χ4n) is 1.77. The largest absolute Gasteiger partial charge is 0.480 e. The molecule has 19 heavy (non-hydrogen) atoms. The van der Waals surface area contributed by atoms with Crippen LogP contribution in [0.15, 0.2) is 34.9 Å². The summed E-state index contributed by atoms with van der Waals surface area (Å²) in [5.41, 5.74) is 2.58. The van der Waals surface area contributed by atoms with E-state index in [1.807, 2.05) is 0 Å². The van der Waals surface area contributed by atoms with Gasteiger partial charge in [-0.15, -0.1) is 0 Å². The molecule has 0 bridgehead atoms. The van der Waals surface area contributed by atoms with Crippen molar-refractivity contribution in [2.75, 3.05) is 19.0 Å². The predicted octanol–water partition coefficient (Wildman–Crippen LogP) is 3.21. The summed E-state index contributed by atoms with van der Waals surface area (Å²) in [5, 5.41) is 3.19. The summed E-state index contributed by atoms with van der Waals surface area (Å²) in [7, 11) is 1.59. The summed E-state index contributed by atoms with van der Waals surface area (Å²) < 4.78 is 5.88. The normalized spacial score (nSPS) is 10.3. The zero-order valence-electron chi connectivity index (χ0n) is 11.0. The van der Waals surface area contributed by atoms with Crippen molar-refractivity contribution < 1.29 is 4.74 Å². The molecular formula is C14H16BrN3O. The second-order valence-corrected chi connectivity index (χ2v) is 5.07. The summed E-state index contributed by atoms with van der Waals surface area (Å²) >= 11 is 3.33. The third-order valence-electron chi connectivity index (χ3n) is 2.68. The van der Waals surface area contributed by atoms with Crippen LogP contribution in [0.1, 0.15) is 11.1 Å². The number of hydrogen-bond acceptors (Lipinski definition) is 4. The Balaban J connectivity index is 1.92. The standard InChI is InChI=1S/C14H16BrN3O/c1-10-4-3-5-11(8-10)6-7-16-14-17-9-12(15)13(18-14)19-2/h3-5,8-9H,6-7H2,1-2H3,(H,16,17,18). The molecule has 100 valence electrons. The van der Waals surface area contributed by atoms with Crippen LogP contribution in [0, 0.1) is 6.92 Å². The van der Waals surface area contributed by atoms with E-state index < -0.39 is 0 Å². The van der Waals surface area contributed by atoms with Crippen molar-refractivity contribution in [1.29, 1.82) is 0 Å². The number of anilines is 1. The van der Waals surface area contributed by atoms with Crippen LogP contribution in [0.4, 0.5) is 5.95 Å². The summed E-state index contributed by atoms with van der Waals surface area (Å²) in [5.74, 6) is 1.11. The summed E-state index contributed by atoms with van der Waals surface area (Å²) in [6.07, 6.45) is 2.62. The molecule has 0 aliphatic heterocycles. The van der Waals surface area contributed by atoms with Crippen LogP contribution in [-0.2, 0) is 6.42 Å². The molecule has 0 aliphatic rings. The van der Waals surface area contributed by atoms with Crippen LogP contribution >= 0.6 is 15.9 Å². The number of ether oxygens (including phenoxy) is 1. The van der Waals surface area contributed by atoms with Crippen molar-refractivity contribution in [3.8, 4) is 5.88 Å². The first-order valence-corrected chi connectivity index (χ1v) is 6.84.